The largest absolute Gasteiger partial charge is 0.507 e. The smallest absolute Gasteiger partial charge is 0.295 e. The number of ether oxygens (including phenoxy) is 1. The van der Waals surface area contributed by atoms with Crippen molar-refractivity contribution in [3.63, 3.8) is 0 Å². The van der Waals surface area contributed by atoms with Crippen LogP contribution in [0.15, 0.2) is 54.1 Å². The monoisotopic (exact) mass is 408 g/mol. The molecule has 1 aliphatic rings. The summed E-state index contributed by atoms with van der Waals surface area (Å²) in [6.45, 7) is 3.21. The molecular formula is C24H28N2O4. The number of hydrogen-bond acceptors (Lipinski definition) is 5. The highest BCUT2D eigenvalue weighted by atomic mass is 16.5. The van der Waals surface area contributed by atoms with Crippen LogP contribution in [0.5, 0.6) is 5.75 Å². The molecule has 0 saturated carbocycles. The second-order valence-electron chi connectivity index (χ2n) is 7.79. The zero-order valence-corrected chi connectivity index (χ0v) is 17.9. The number of carbonyl (C=O) groups excluding carboxylic acids is 2. The zero-order valence-electron chi connectivity index (χ0n) is 17.9. The summed E-state index contributed by atoms with van der Waals surface area (Å²) in [5, 5.41) is 11.0. The Morgan fingerprint density at radius 2 is 1.70 bits per heavy atom. The van der Waals surface area contributed by atoms with E-state index >= 15 is 0 Å². The maximum atomic E-state index is 13.0. The third-order valence-corrected chi connectivity index (χ3v) is 5.30. The van der Waals surface area contributed by atoms with Crippen molar-refractivity contribution in [3.05, 3.63) is 70.8 Å². The molecule has 30 heavy (non-hydrogen) atoms. The summed E-state index contributed by atoms with van der Waals surface area (Å²) in [5.41, 5.74) is 2.48. The van der Waals surface area contributed by atoms with Crippen molar-refractivity contribution >= 4 is 17.4 Å². The van der Waals surface area contributed by atoms with Gasteiger partial charge in [-0.15, -0.1) is 0 Å². The van der Waals surface area contributed by atoms with Crippen molar-refractivity contribution in [1.29, 1.82) is 0 Å². The van der Waals surface area contributed by atoms with Crippen molar-refractivity contribution in [2.45, 2.75) is 19.4 Å². The maximum Gasteiger partial charge on any atom is 0.295 e. The van der Waals surface area contributed by atoms with Crippen molar-refractivity contribution in [2.24, 2.45) is 0 Å². The van der Waals surface area contributed by atoms with Gasteiger partial charge in [0.05, 0.1) is 18.7 Å². The third-order valence-electron chi connectivity index (χ3n) is 5.30. The molecule has 0 aliphatic carbocycles. The first-order valence-corrected chi connectivity index (χ1v) is 9.97. The SMILES string of the molecule is COc1ccc(C(O)=C2C(=O)C(=O)N(CCCN(C)C)C2c2ccc(C)cc2)cc1. The minimum absolute atomic E-state index is 0.124. The lowest BCUT2D eigenvalue weighted by molar-refractivity contribution is -0.139. The fraction of sp³-hybridized carbons (Fsp3) is 0.333. The van der Waals surface area contributed by atoms with Crippen LogP contribution in [-0.4, -0.2) is 60.9 Å². The Labute approximate surface area is 177 Å². The van der Waals surface area contributed by atoms with Gasteiger partial charge in [0.1, 0.15) is 11.5 Å². The molecular weight excluding hydrogens is 380 g/mol. The minimum Gasteiger partial charge on any atom is -0.507 e. The van der Waals surface area contributed by atoms with Crippen LogP contribution in [0, 0.1) is 6.92 Å². The van der Waals surface area contributed by atoms with Gasteiger partial charge in [-0.05, 0) is 63.8 Å². The van der Waals surface area contributed by atoms with E-state index in [0.717, 1.165) is 24.1 Å². The standard InChI is InChI=1S/C24H28N2O4/c1-16-6-8-17(9-7-16)21-20(22(27)18-10-12-19(30-4)13-11-18)23(28)24(29)26(21)15-5-14-25(2)3/h6-13,21,27H,5,14-15H2,1-4H3. The molecule has 1 unspecified atom stereocenters. The Bertz CT molecular complexity index is 946. The van der Waals surface area contributed by atoms with Gasteiger partial charge in [0, 0.05) is 12.1 Å². The topological polar surface area (TPSA) is 70.1 Å². The van der Waals surface area contributed by atoms with Crippen LogP contribution in [0.2, 0.25) is 0 Å². The second-order valence-corrected chi connectivity index (χ2v) is 7.79. The summed E-state index contributed by atoms with van der Waals surface area (Å²) in [6, 6.07) is 13.9. The lowest BCUT2D eigenvalue weighted by Crippen LogP contribution is -2.32. The van der Waals surface area contributed by atoms with E-state index in [9.17, 15) is 14.7 Å². The van der Waals surface area contributed by atoms with Crippen LogP contribution in [0.3, 0.4) is 0 Å². The normalized spacial score (nSPS) is 18.3. The van der Waals surface area contributed by atoms with Crippen LogP contribution in [-0.2, 0) is 9.59 Å². The molecule has 0 radical (unpaired) electrons. The number of ketones is 1. The average molecular weight is 408 g/mol. The minimum atomic E-state index is -0.654. The average Bonchev–Trinajstić information content (AvgIpc) is 2.98. The first-order valence-electron chi connectivity index (χ1n) is 9.97. The van der Waals surface area contributed by atoms with Gasteiger partial charge < -0.3 is 19.6 Å². The van der Waals surface area contributed by atoms with Gasteiger partial charge in [0.15, 0.2) is 0 Å². The number of aliphatic hydroxyl groups is 1. The molecule has 1 saturated heterocycles. The zero-order chi connectivity index (χ0) is 21.8. The summed E-state index contributed by atoms with van der Waals surface area (Å²) in [5.74, 6) is -0.754. The van der Waals surface area contributed by atoms with E-state index in [2.05, 4.69) is 0 Å². The van der Waals surface area contributed by atoms with E-state index in [4.69, 9.17) is 4.74 Å². The highest BCUT2D eigenvalue weighted by Gasteiger charge is 2.45. The number of aryl methyl sites for hydroxylation is 1. The fourth-order valence-corrected chi connectivity index (χ4v) is 3.67. The van der Waals surface area contributed by atoms with Crippen molar-refractivity contribution < 1.29 is 19.4 Å². The molecule has 158 valence electrons. The van der Waals surface area contributed by atoms with E-state index < -0.39 is 17.7 Å². The second kappa shape index (κ2) is 9.13. The molecule has 1 atom stereocenters. The molecule has 0 spiro atoms. The van der Waals surface area contributed by atoms with E-state index in [0.29, 0.717) is 17.9 Å². The van der Waals surface area contributed by atoms with Crippen LogP contribution in [0.1, 0.15) is 29.2 Å². The predicted octanol–water partition coefficient (Wildman–Crippen LogP) is 3.38. The summed E-state index contributed by atoms with van der Waals surface area (Å²) < 4.78 is 5.16. The number of likely N-dealkylation sites (tertiary alicyclic amines) is 1. The fourth-order valence-electron chi connectivity index (χ4n) is 3.67. The molecule has 1 N–H and O–H groups in total. The van der Waals surface area contributed by atoms with Crippen molar-refractivity contribution in [3.8, 4) is 5.75 Å². The van der Waals surface area contributed by atoms with E-state index in [1.54, 1.807) is 36.3 Å². The highest BCUT2D eigenvalue weighted by Crippen LogP contribution is 2.39. The van der Waals surface area contributed by atoms with Gasteiger partial charge in [0.25, 0.3) is 11.7 Å². The number of hydrogen-bond donors (Lipinski definition) is 1. The number of benzene rings is 2. The van der Waals surface area contributed by atoms with Crippen LogP contribution < -0.4 is 4.74 Å². The lowest BCUT2D eigenvalue weighted by Gasteiger charge is -2.26. The van der Waals surface area contributed by atoms with Crippen LogP contribution in [0.25, 0.3) is 5.76 Å². The maximum absolute atomic E-state index is 13.0. The van der Waals surface area contributed by atoms with Crippen LogP contribution >= 0.6 is 0 Å². The number of rotatable bonds is 7. The molecule has 1 heterocycles. The summed E-state index contributed by atoms with van der Waals surface area (Å²) in [6.07, 6.45) is 0.727. The first kappa shape index (κ1) is 21.6. The van der Waals surface area contributed by atoms with Gasteiger partial charge in [0.2, 0.25) is 0 Å². The van der Waals surface area contributed by atoms with Crippen molar-refractivity contribution in [1.82, 2.24) is 9.80 Å². The number of aliphatic hydroxyl groups excluding tert-OH is 1. The number of carbonyl (C=O) groups is 2. The molecule has 0 bridgehead atoms. The van der Waals surface area contributed by atoms with Crippen molar-refractivity contribution in [2.75, 3.05) is 34.3 Å². The summed E-state index contributed by atoms with van der Waals surface area (Å²) in [4.78, 5) is 29.4. The Morgan fingerprint density at radius 1 is 1.07 bits per heavy atom. The molecule has 6 heteroatoms. The number of methoxy groups -OCH3 is 1. The van der Waals surface area contributed by atoms with E-state index in [1.807, 2.05) is 50.2 Å². The molecule has 6 nitrogen and oxygen atoms in total. The molecule has 2 aromatic rings. The first-order chi connectivity index (χ1) is 14.3. The Balaban J connectivity index is 2.06. The van der Waals surface area contributed by atoms with Gasteiger partial charge in [-0.3, -0.25) is 9.59 Å². The van der Waals surface area contributed by atoms with Gasteiger partial charge >= 0.3 is 0 Å². The quantitative estimate of drug-likeness (QED) is 0.432. The number of Topliss-reactive ketones (excluding diaryl/α,β-unsaturated/α-hetero) is 1. The summed E-state index contributed by atoms with van der Waals surface area (Å²) in [7, 11) is 5.50. The van der Waals surface area contributed by atoms with E-state index in [-0.39, 0.29) is 11.3 Å². The van der Waals surface area contributed by atoms with Gasteiger partial charge in [-0.1, -0.05) is 29.8 Å². The highest BCUT2D eigenvalue weighted by molar-refractivity contribution is 6.46. The molecule has 1 amide bonds. The van der Waals surface area contributed by atoms with Gasteiger partial charge in [-0.2, -0.15) is 0 Å². The van der Waals surface area contributed by atoms with Crippen LogP contribution in [0.4, 0.5) is 0 Å². The molecule has 0 aromatic heterocycles. The predicted molar refractivity (Wildman–Crippen MR) is 116 cm³/mol. The number of nitrogens with zero attached hydrogens (tertiary/aromatic N) is 2. The third kappa shape index (κ3) is 4.39. The molecule has 1 aliphatic heterocycles. The molecule has 2 aromatic carbocycles. The molecule has 1 fully saturated rings. The Morgan fingerprint density at radius 3 is 2.27 bits per heavy atom. The lowest BCUT2D eigenvalue weighted by atomic mass is 9.94. The Hall–Kier alpha value is -3.12. The van der Waals surface area contributed by atoms with Gasteiger partial charge in [-0.25, -0.2) is 0 Å². The summed E-state index contributed by atoms with van der Waals surface area (Å²) >= 11 is 0. The number of amides is 1. The van der Waals surface area contributed by atoms with E-state index in [1.165, 1.54) is 0 Å². The Kier molecular flexibility index (Phi) is 6.57. The molecule has 3 rings (SSSR count).